The van der Waals surface area contributed by atoms with Crippen molar-refractivity contribution in [1.29, 1.82) is 0 Å². The van der Waals surface area contributed by atoms with Gasteiger partial charge in [0.15, 0.2) is 5.82 Å². The summed E-state index contributed by atoms with van der Waals surface area (Å²) in [6.07, 6.45) is 7.47. The summed E-state index contributed by atoms with van der Waals surface area (Å²) in [7, 11) is 3.35. The molecule has 2 aromatic heterocycles. The van der Waals surface area contributed by atoms with Crippen LogP contribution < -0.4 is 14.4 Å². The van der Waals surface area contributed by atoms with Gasteiger partial charge < -0.3 is 14.4 Å². The Hall–Kier alpha value is -2.83. The number of methoxy groups -OCH3 is 2. The van der Waals surface area contributed by atoms with Crippen molar-refractivity contribution in [3.63, 3.8) is 0 Å². The maximum absolute atomic E-state index is 5.60. The van der Waals surface area contributed by atoms with Gasteiger partial charge >= 0.3 is 0 Å². The fourth-order valence-electron chi connectivity index (χ4n) is 3.39. The number of rotatable bonds is 4. The van der Waals surface area contributed by atoms with Crippen molar-refractivity contribution in [2.24, 2.45) is 0 Å². The number of aromatic nitrogens is 4. The lowest BCUT2D eigenvalue weighted by Gasteiger charge is -2.27. The fourth-order valence-corrected chi connectivity index (χ4v) is 3.39. The summed E-state index contributed by atoms with van der Waals surface area (Å²) in [5.74, 6) is 2.48. The molecule has 0 bridgehead atoms. The summed E-state index contributed by atoms with van der Waals surface area (Å²) in [4.78, 5) is 6.85. The van der Waals surface area contributed by atoms with Crippen LogP contribution in [0.2, 0.25) is 0 Å². The van der Waals surface area contributed by atoms with Crippen LogP contribution in [0.4, 0.5) is 5.82 Å². The lowest BCUT2D eigenvalue weighted by atomic mass is 10.0. The monoisotopic (exact) mass is 325 g/mol. The van der Waals surface area contributed by atoms with Crippen molar-refractivity contribution in [2.75, 3.05) is 25.7 Å². The summed E-state index contributed by atoms with van der Waals surface area (Å²) in [5.41, 5.74) is 1.91. The zero-order chi connectivity index (χ0) is 16.5. The number of nitrogens with zero attached hydrogens (tertiary/aromatic N) is 5. The van der Waals surface area contributed by atoms with Gasteiger partial charge in [0.2, 0.25) is 5.65 Å². The van der Waals surface area contributed by atoms with Crippen LogP contribution in [0, 0.1) is 0 Å². The minimum atomic E-state index is 0.196. The molecule has 24 heavy (non-hydrogen) atoms. The predicted molar refractivity (Wildman–Crippen MR) is 89.6 cm³/mol. The van der Waals surface area contributed by atoms with E-state index >= 15 is 0 Å². The van der Waals surface area contributed by atoms with Crippen LogP contribution in [-0.4, -0.2) is 40.3 Å². The van der Waals surface area contributed by atoms with Crippen molar-refractivity contribution >= 4 is 11.5 Å². The SMILES string of the molecule is COc1ccc([C@H]2CCCN2c2nccn3cnnc23)c(OC)c1. The molecule has 0 saturated carbocycles. The standard InChI is InChI=1S/C17H19N5O2/c1-23-12-5-6-13(15(10-12)24-2)14-4-3-8-22(14)16-17-20-19-11-21(17)9-7-18-16/h5-7,9-11,14H,3-4,8H2,1-2H3/t14-/m1/s1. The molecule has 7 heteroatoms. The van der Waals surface area contributed by atoms with Gasteiger partial charge in [0.25, 0.3) is 0 Å². The molecule has 1 fully saturated rings. The summed E-state index contributed by atoms with van der Waals surface area (Å²) in [5, 5.41) is 8.21. The van der Waals surface area contributed by atoms with E-state index < -0.39 is 0 Å². The van der Waals surface area contributed by atoms with Crippen LogP contribution in [-0.2, 0) is 0 Å². The maximum Gasteiger partial charge on any atom is 0.203 e. The lowest BCUT2D eigenvalue weighted by Crippen LogP contribution is -2.24. The summed E-state index contributed by atoms with van der Waals surface area (Å²) in [6.45, 7) is 0.930. The Balaban J connectivity index is 1.77. The third kappa shape index (κ3) is 2.33. The van der Waals surface area contributed by atoms with Gasteiger partial charge in [0, 0.05) is 30.6 Å². The van der Waals surface area contributed by atoms with Gasteiger partial charge in [-0.15, -0.1) is 10.2 Å². The number of hydrogen-bond donors (Lipinski definition) is 0. The summed E-state index contributed by atoms with van der Waals surface area (Å²) in [6, 6.07) is 6.17. The molecular formula is C17H19N5O2. The molecule has 0 N–H and O–H groups in total. The van der Waals surface area contributed by atoms with E-state index in [4.69, 9.17) is 9.47 Å². The van der Waals surface area contributed by atoms with Gasteiger partial charge in [-0.2, -0.15) is 0 Å². The number of anilines is 1. The van der Waals surface area contributed by atoms with Crippen molar-refractivity contribution in [3.05, 3.63) is 42.5 Å². The normalized spacial score (nSPS) is 17.4. The van der Waals surface area contributed by atoms with Gasteiger partial charge in [-0.05, 0) is 25.0 Å². The molecule has 7 nitrogen and oxygen atoms in total. The van der Waals surface area contributed by atoms with Crippen LogP contribution in [0.25, 0.3) is 5.65 Å². The molecule has 3 aromatic rings. The number of hydrogen-bond acceptors (Lipinski definition) is 6. The Morgan fingerprint density at radius 1 is 1.21 bits per heavy atom. The van der Waals surface area contributed by atoms with Gasteiger partial charge in [-0.3, -0.25) is 4.40 Å². The first-order chi connectivity index (χ1) is 11.8. The first-order valence-electron chi connectivity index (χ1n) is 7.94. The fraction of sp³-hybridized carbons (Fsp3) is 0.353. The number of ether oxygens (including phenoxy) is 2. The molecule has 3 heterocycles. The minimum absolute atomic E-state index is 0.196. The third-order valence-electron chi connectivity index (χ3n) is 4.52. The second-order valence-corrected chi connectivity index (χ2v) is 5.77. The molecule has 0 radical (unpaired) electrons. The van der Waals surface area contributed by atoms with E-state index in [1.54, 1.807) is 26.7 Å². The minimum Gasteiger partial charge on any atom is -0.497 e. The molecule has 1 aliphatic heterocycles. The molecule has 0 amide bonds. The van der Waals surface area contributed by atoms with E-state index in [9.17, 15) is 0 Å². The highest BCUT2D eigenvalue weighted by atomic mass is 16.5. The van der Waals surface area contributed by atoms with Gasteiger partial charge in [-0.25, -0.2) is 4.98 Å². The maximum atomic E-state index is 5.60. The summed E-state index contributed by atoms with van der Waals surface area (Å²) >= 11 is 0. The highest BCUT2D eigenvalue weighted by Crippen LogP contribution is 2.41. The quantitative estimate of drug-likeness (QED) is 0.734. The van der Waals surface area contributed by atoms with Gasteiger partial charge in [0.05, 0.1) is 20.3 Å². The Bertz CT molecular complexity index is 863. The molecule has 1 atom stereocenters. The zero-order valence-electron chi connectivity index (χ0n) is 13.7. The van der Waals surface area contributed by atoms with Crippen molar-refractivity contribution in [3.8, 4) is 11.5 Å². The first-order valence-corrected chi connectivity index (χ1v) is 7.94. The Morgan fingerprint density at radius 3 is 2.96 bits per heavy atom. The molecule has 0 unspecified atom stereocenters. The molecule has 124 valence electrons. The molecule has 0 aliphatic carbocycles. The van der Waals surface area contributed by atoms with Crippen LogP contribution in [0.3, 0.4) is 0 Å². The molecule has 0 spiro atoms. The van der Waals surface area contributed by atoms with Crippen LogP contribution in [0.1, 0.15) is 24.4 Å². The smallest absolute Gasteiger partial charge is 0.203 e. The van der Waals surface area contributed by atoms with Gasteiger partial charge in [0.1, 0.15) is 17.8 Å². The molecule has 4 rings (SSSR count). The van der Waals surface area contributed by atoms with E-state index in [-0.39, 0.29) is 6.04 Å². The zero-order valence-corrected chi connectivity index (χ0v) is 13.7. The predicted octanol–water partition coefficient (Wildman–Crippen LogP) is 2.48. The Kier molecular flexibility index (Phi) is 3.68. The topological polar surface area (TPSA) is 64.8 Å². The average Bonchev–Trinajstić information content (AvgIpc) is 3.29. The van der Waals surface area contributed by atoms with Crippen molar-refractivity contribution in [1.82, 2.24) is 19.6 Å². The highest BCUT2D eigenvalue weighted by molar-refractivity contribution is 5.65. The van der Waals surface area contributed by atoms with E-state index in [0.717, 1.165) is 47.9 Å². The van der Waals surface area contributed by atoms with Crippen LogP contribution in [0.15, 0.2) is 36.9 Å². The molecule has 1 saturated heterocycles. The number of benzene rings is 1. The molecule has 1 aliphatic rings. The lowest BCUT2D eigenvalue weighted by molar-refractivity contribution is 0.388. The van der Waals surface area contributed by atoms with Gasteiger partial charge in [-0.1, -0.05) is 0 Å². The van der Waals surface area contributed by atoms with E-state index in [2.05, 4.69) is 26.1 Å². The van der Waals surface area contributed by atoms with Crippen LogP contribution >= 0.6 is 0 Å². The third-order valence-corrected chi connectivity index (χ3v) is 4.52. The molecular weight excluding hydrogens is 306 g/mol. The second kappa shape index (κ2) is 5.99. The van der Waals surface area contributed by atoms with Crippen molar-refractivity contribution < 1.29 is 9.47 Å². The van der Waals surface area contributed by atoms with E-state index in [1.807, 2.05) is 22.7 Å². The second-order valence-electron chi connectivity index (χ2n) is 5.77. The highest BCUT2D eigenvalue weighted by Gasteiger charge is 2.31. The number of fused-ring (bicyclic) bond motifs is 1. The Labute approximate surface area is 139 Å². The average molecular weight is 325 g/mol. The Morgan fingerprint density at radius 2 is 2.12 bits per heavy atom. The molecule has 1 aromatic carbocycles. The van der Waals surface area contributed by atoms with E-state index in [0.29, 0.717) is 0 Å². The summed E-state index contributed by atoms with van der Waals surface area (Å²) < 4.78 is 12.8. The van der Waals surface area contributed by atoms with E-state index in [1.165, 1.54) is 0 Å². The van der Waals surface area contributed by atoms with Crippen LogP contribution in [0.5, 0.6) is 11.5 Å². The van der Waals surface area contributed by atoms with Crippen molar-refractivity contribution in [2.45, 2.75) is 18.9 Å². The largest absolute Gasteiger partial charge is 0.497 e. The first kappa shape index (κ1) is 14.7.